The minimum atomic E-state index is -0.335. The van der Waals surface area contributed by atoms with E-state index in [0.29, 0.717) is 0 Å². The normalized spacial score (nSPS) is 12.4. The Morgan fingerprint density at radius 2 is 1.63 bits per heavy atom. The van der Waals surface area contributed by atoms with Crippen LogP contribution in [0.1, 0.15) is 70.5 Å². The minimum Gasteiger partial charge on any atom is -0.494 e. The molecule has 0 amide bonds. The smallest absolute Gasteiger partial charge is 0.119 e. The average Bonchev–Trinajstić information content (AvgIpc) is 2.45. The Morgan fingerprint density at radius 1 is 0.947 bits per heavy atom. The van der Waals surface area contributed by atoms with Gasteiger partial charge in [0.05, 0.1) is 12.7 Å². The lowest BCUT2D eigenvalue weighted by molar-refractivity contribution is 0.164. The van der Waals surface area contributed by atoms with Crippen LogP contribution in [0.2, 0.25) is 0 Å². The molecule has 2 nitrogen and oxygen atoms in total. The predicted octanol–water partition coefficient (Wildman–Crippen LogP) is 4.87. The van der Waals surface area contributed by atoms with Crippen LogP contribution in [-0.2, 0) is 0 Å². The van der Waals surface area contributed by atoms with Crippen LogP contribution in [0.5, 0.6) is 5.75 Å². The number of ether oxygens (including phenoxy) is 1. The summed E-state index contributed by atoms with van der Waals surface area (Å²) in [5.74, 6) is 0.905. The highest BCUT2D eigenvalue weighted by atomic mass is 16.5. The van der Waals surface area contributed by atoms with Gasteiger partial charge in [0.2, 0.25) is 0 Å². The van der Waals surface area contributed by atoms with E-state index in [9.17, 15) is 5.11 Å². The molecule has 1 atom stereocenters. The molecule has 0 bridgehead atoms. The standard InChI is InChI=1S/C17H28O2/c1-3-5-7-8-14-19-16-12-10-15(11-13-16)17(18)9-6-4-2/h10-13,17-18H,3-9,14H2,1-2H3/t17-/m1/s1. The Bertz CT molecular complexity index is 319. The molecular formula is C17H28O2. The molecular weight excluding hydrogens is 236 g/mol. The molecule has 0 aliphatic rings. The maximum absolute atomic E-state index is 9.97. The molecule has 1 rings (SSSR count). The summed E-state index contributed by atoms with van der Waals surface area (Å²) in [5, 5.41) is 9.97. The monoisotopic (exact) mass is 264 g/mol. The first-order valence-corrected chi connectivity index (χ1v) is 7.68. The van der Waals surface area contributed by atoms with Crippen molar-refractivity contribution >= 4 is 0 Å². The number of aliphatic hydroxyl groups excluding tert-OH is 1. The first-order chi connectivity index (χ1) is 9.27. The van der Waals surface area contributed by atoms with Crippen LogP contribution in [-0.4, -0.2) is 11.7 Å². The number of unbranched alkanes of at least 4 members (excludes halogenated alkanes) is 4. The molecule has 0 aromatic heterocycles. The summed E-state index contributed by atoms with van der Waals surface area (Å²) in [6.45, 7) is 5.14. The van der Waals surface area contributed by atoms with E-state index < -0.39 is 0 Å². The van der Waals surface area contributed by atoms with E-state index >= 15 is 0 Å². The van der Waals surface area contributed by atoms with E-state index in [2.05, 4.69) is 13.8 Å². The third kappa shape index (κ3) is 6.63. The van der Waals surface area contributed by atoms with Crippen LogP contribution in [0.3, 0.4) is 0 Å². The Morgan fingerprint density at radius 3 is 2.26 bits per heavy atom. The molecule has 0 aliphatic heterocycles. The molecule has 108 valence electrons. The summed E-state index contributed by atoms with van der Waals surface area (Å²) in [6.07, 6.45) is 7.59. The fourth-order valence-corrected chi connectivity index (χ4v) is 2.07. The lowest BCUT2D eigenvalue weighted by Gasteiger charge is -2.11. The zero-order valence-electron chi connectivity index (χ0n) is 12.4. The number of aliphatic hydroxyl groups is 1. The van der Waals surface area contributed by atoms with Crippen molar-refractivity contribution in [2.75, 3.05) is 6.61 Å². The molecule has 1 aromatic rings. The molecule has 0 saturated carbocycles. The molecule has 0 heterocycles. The second-order valence-corrected chi connectivity index (χ2v) is 5.14. The van der Waals surface area contributed by atoms with Gasteiger partial charge >= 0.3 is 0 Å². The van der Waals surface area contributed by atoms with Gasteiger partial charge in [0.25, 0.3) is 0 Å². The van der Waals surface area contributed by atoms with Crippen molar-refractivity contribution in [1.29, 1.82) is 0 Å². The van der Waals surface area contributed by atoms with Gasteiger partial charge in [-0.1, -0.05) is 58.1 Å². The molecule has 0 unspecified atom stereocenters. The van der Waals surface area contributed by atoms with Gasteiger partial charge in [0, 0.05) is 0 Å². The van der Waals surface area contributed by atoms with Gasteiger partial charge in [0.15, 0.2) is 0 Å². The second kappa shape index (κ2) is 9.85. The van der Waals surface area contributed by atoms with Crippen molar-refractivity contribution < 1.29 is 9.84 Å². The molecule has 0 saturated heterocycles. The third-order valence-corrected chi connectivity index (χ3v) is 3.36. The van der Waals surface area contributed by atoms with Gasteiger partial charge in [-0.15, -0.1) is 0 Å². The Kier molecular flexibility index (Phi) is 8.31. The fraction of sp³-hybridized carbons (Fsp3) is 0.647. The number of benzene rings is 1. The maximum atomic E-state index is 9.97. The van der Waals surface area contributed by atoms with Crippen molar-refractivity contribution in [2.45, 2.75) is 64.9 Å². The third-order valence-electron chi connectivity index (χ3n) is 3.36. The van der Waals surface area contributed by atoms with Gasteiger partial charge in [0.1, 0.15) is 5.75 Å². The van der Waals surface area contributed by atoms with Crippen LogP contribution in [0, 0.1) is 0 Å². The van der Waals surface area contributed by atoms with Crippen molar-refractivity contribution in [3.63, 3.8) is 0 Å². The zero-order chi connectivity index (χ0) is 13.9. The van der Waals surface area contributed by atoms with E-state index in [1.165, 1.54) is 19.3 Å². The van der Waals surface area contributed by atoms with E-state index in [1.54, 1.807) is 0 Å². The molecule has 2 heteroatoms. The maximum Gasteiger partial charge on any atom is 0.119 e. The van der Waals surface area contributed by atoms with Crippen LogP contribution < -0.4 is 4.74 Å². The molecule has 0 aliphatic carbocycles. The van der Waals surface area contributed by atoms with Gasteiger partial charge in [-0.3, -0.25) is 0 Å². The first kappa shape index (κ1) is 16.0. The van der Waals surface area contributed by atoms with Gasteiger partial charge in [-0.25, -0.2) is 0 Å². The summed E-state index contributed by atoms with van der Waals surface area (Å²) in [4.78, 5) is 0. The summed E-state index contributed by atoms with van der Waals surface area (Å²) < 4.78 is 5.69. The van der Waals surface area contributed by atoms with Crippen LogP contribution in [0.15, 0.2) is 24.3 Å². The molecule has 1 N–H and O–H groups in total. The SMILES string of the molecule is CCCCCCOc1ccc([C@H](O)CCCC)cc1. The Labute approximate surface area is 117 Å². The predicted molar refractivity (Wildman–Crippen MR) is 80.6 cm³/mol. The number of rotatable bonds is 10. The quantitative estimate of drug-likeness (QED) is 0.611. The summed E-state index contributed by atoms with van der Waals surface area (Å²) in [6, 6.07) is 7.87. The number of hydrogen-bond donors (Lipinski definition) is 1. The first-order valence-electron chi connectivity index (χ1n) is 7.68. The summed E-state index contributed by atoms with van der Waals surface area (Å²) in [7, 11) is 0. The zero-order valence-corrected chi connectivity index (χ0v) is 12.4. The van der Waals surface area contributed by atoms with Crippen LogP contribution >= 0.6 is 0 Å². The van der Waals surface area contributed by atoms with E-state index in [0.717, 1.165) is 43.6 Å². The summed E-state index contributed by atoms with van der Waals surface area (Å²) >= 11 is 0. The lowest BCUT2D eigenvalue weighted by Crippen LogP contribution is -1.99. The van der Waals surface area contributed by atoms with Gasteiger partial charge < -0.3 is 9.84 Å². The van der Waals surface area contributed by atoms with E-state index in [1.807, 2.05) is 24.3 Å². The summed E-state index contributed by atoms with van der Waals surface area (Å²) in [5.41, 5.74) is 0.992. The average molecular weight is 264 g/mol. The van der Waals surface area contributed by atoms with Crippen molar-refractivity contribution in [3.8, 4) is 5.75 Å². The van der Waals surface area contributed by atoms with Crippen LogP contribution in [0.25, 0.3) is 0 Å². The largest absolute Gasteiger partial charge is 0.494 e. The van der Waals surface area contributed by atoms with Crippen molar-refractivity contribution in [2.24, 2.45) is 0 Å². The molecule has 1 aromatic carbocycles. The van der Waals surface area contributed by atoms with Gasteiger partial charge in [-0.2, -0.15) is 0 Å². The van der Waals surface area contributed by atoms with E-state index in [-0.39, 0.29) is 6.10 Å². The fourth-order valence-electron chi connectivity index (χ4n) is 2.07. The topological polar surface area (TPSA) is 29.5 Å². The Hall–Kier alpha value is -1.02. The highest BCUT2D eigenvalue weighted by molar-refractivity contribution is 5.28. The highest BCUT2D eigenvalue weighted by Gasteiger charge is 2.06. The molecule has 0 spiro atoms. The molecule has 0 radical (unpaired) electrons. The second-order valence-electron chi connectivity index (χ2n) is 5.14. The van der Waals surface area contributed by atoms with Gasteiger partial charge in [-0.05, 0) is 30.5 Å². The minimum absolute atomic E-state index is 0.335. The molecule has 19 heavy (non-hydrogen) atoms. The lowest BCUT2D eigenvalue weighted by atomic mass is 10.0. The Balaban J connectivity index is 2.30. The van der Waals surface area contributed by atoms with E-state index in [4.69, 9.17) is 4.74 Å². The van der Waals surface area contributed by atoms with Crippen LogP contribution in [0.4, 0.5) is 0 Å². The highest BCUT2D eigenvalue weighted by Crippen LogP contribution is 2.22. The number of hydrogen-bond acceptors (Lipinski definition) is 2. The van der Waals surface area contributed by atoms with Crippen molar-refractivity contribution in [1.82, 2.24) is 0 Å². The van der Waals surface area contributed by atoms with Crippen molar-refractivity contribution in [3.05, 3.63) is 29.8 Å². The molecule has 0 fully saturated rings.